The Hall–Kier alpha value is -3.72. The van der Waals surface area contributed by atoms with Crippen molar-refractivity contribution in [1.29, 1.82) is 0 Å². The fourth-order valence-electron chi connectivity index (χ4n) is 3.85. The summed E-state index contributed by atoms with van der Waals surface area (Å²) in [4.78, 5) is 30.8. The molecule has 2 amide bonds. The molecule has 1 atom stereocenters. The van der Waals surface area contributed by atoms with Crippen LogP contribution in [-0.4, -0.2) is 58.7 Å². The number of hydrogen-bond acceptors (Lipinski definition) is 6. The first kappa shape index (κ1) is 21.5. The largest absolute Gasteiger partial charge is 0.491 e. The number of carbonyl (C=O) groups is 2. The zero-order chi connectivity index (χ0) is 22.7. The number of amides is 2. The Bertz CT molecular complexity index is 1110. The Morgan fingerprint density at radius 2 is 1.78 bits per heavy atom. The number of nitrogens with zero attached hydrogens (tertiary/aromatic N) is 5. The number of anilines is 1. The molecule has 0 saturated carbocycles. The Balaban J connectivity index is 0.000000165. The molecule has 0 aliphatic carbocycles. The van der Waals surface area contributed by atoms with Crippen molar-refractivity contribution < 1.29 is 14.3 Å². The number of primary amides is 1. The fourth-order valence-corrected chi connectivity index (χ4v) is 3.85. The third-order valence-electron chi connectivity index (χ3n) is 5.56. The molecule has 1 aromatic heterocycles. The number of nitrogens with two attached hydrogens (primary N) is 1. The highest BCUT2D eigenvalue weighted by Crippen LogP contribution is 2.30. The predicted octanol–water partition coefficient (Wildman–Crippen LogP) is 1.84. The molecule has 2 aromatic carbocycles. The van der Waals surface area contributed by atoms with Crippen LogP contribution in [0.2, 0.25) is 0 Å². The van der Waals surface area contributed by atoms with Crippen molar-refractivity contribution in [2.75, 3.05) is 32.1 Å². The van der Waals surface area contributed by atoms with Gasteiger partial charge in [0.25, 0.3) is 5.91 Å². The van der Waals surface area contributed by atoms with Crippen LogP contribution in [0.1, 0.15) is 34.5 Å². The lowest BCUT2D eigenvalue weighted by atomic mass is 10.0. The smallest absolute Gasteiger partial charge is 0.288 e. The number of likely N-dealkylation sites (N-methyl/N-ethyl adjacent to an activating group) is 1. The van der Waals surface area contributed by atoms with Crippen molar-refractivity contribution in [1.82, 2.24) is 19.7 Å². The lowest BCUT2D eigenvalue weighted by molar-refractivity contribution is -0.118. The molecule has 1 unspecified atom stereocenters. The van der Waals surface area contributed by atoms with Crippen LogP contribution in [0.4, 0.5) is 5.69 Å². The van der Waals surface area contributed by atoms with Gasteiger partial charge in [-0.1, -0.05) is 42.5 Å². The monoisotopic (exact) mass is 434 g/mol. The fraction of sp³-hybridized carbons (Fsp3) is 0.304. The van der Waals surface area contributed by atoms with Gasteiger partial charge in [0, 0.05) is 13.6 Å². The summed E-state index contributed by atoms with van der Waals surface area (Å²) in [7, 11) is 3.82. The van der Waals surface area contributed by atoms with Crippen LogP contribution in [0, 0.1) is 0 Å². The van der Waals surface area contributed by atoms with Gasteiger partial charge in [-0.15, -0.1) is 5.10 Å². The summed E-state index contributed by atoms with van der Waals surface area (Å²) in [5.41, 5.74) is 7.24. The summed E-state index contributed by atoms with van der Waals surface area (Å²) >= 11 is 0. The van der Waals surface area contributed by atoms with E-state index in [1.54, 1.807) is 16.6 Å². The quantitative estimate of drug-likeness (QED) is 0.660. The van der Waals surface area contributed by atoms with Gasteiger partial charge in [0.05, 0.1) is 31.3 Å². The maximum atomic E-state index is 11.4. The van der Waals surface area contributed by atoms with Crippen molar-refractivity contribution in [2.45, 2.75) is 19.0 Å². The average molecular weight is 435 g/mol. The van der Waals surface area contributed by atoms with Crippen molar-refractivity contribution in [2.24, 2.45) is 5.73 Å². The van der Waals surface area contributed by atoms with Crippen molar-refractivity contribution in [3.63, 3.8) is 0 Å². The van der Waals surface area contributed by atoms with Crippen LogP contribution in [0.3, 0.4) is 0 Å². The minimum absolute atomic E-state index is 0.00977. The summed E-state index contributed by atoms with van der Waals surface area (Å²) in [6.45, 7) is 2.05. The lowest BCUT2D eigenvalue weighted by Crippen LogP contribution is -2.36. The molecule has 9 heteroatoms. The zero-order valence-electron chi connectivity index (χ0n) is 18.1. The van der Waals surface area contributed by atoms with Gasteiger partial charge >= 0.3 is 0 Å². The highest BCUT2D eigenvalue weighted by Gasteiger charge is 2.30. The van der Waals surface area contributed by atoms with Gasteiger partial charge < -0.3 is 15.4 Å². The molecular formula is C23H26N6O3. The van der Waals surface area contributed by atoms with Crippen molar-refractivity contribution in [3.05, 3.63) is 71.8 Å². The SMILES string of the molecule is CN1C(=O)CCOc2ccccc21.CN1CCn2nc(C(N)=O)nc2C1c1ccccc1. The van der Waals surface area contributed by atoms with Crippen LogP contribution < -0.4 is 15.4 Å². The summed E-state index contributed by atoms with van der Waals surface area (Å²) in [6, 6.07) is 17.6. The second kappa shape index (κ2) is 9.19. The minimum Gasteiger partial charge on any atom is -0.491 e. The van der Waals surface area contributed by atoms with E-state index in [2.05, 4.69) is 27.1 Å². The molecule has 9 nitrogen and oxygen atoms in total. The second-order valence-corrected chi connectivity index (χ2v) is 7.69. The molecule has 2 N–H and O–H groups in total. The Labute approximate surface area is 186 Å². The molecule has 2 aliphatic rings. The normalized spacial score (nSPS) is 17.9. The van der Waals surface area contributed by atoms with Crippen LogP contribution in [-0.2, 0) is 11.3 Å². The topological polar surface area (TPSA) is 107 Å². The lowest BCUT2D eigenvalue weighted by Gasteiger charge is -2.32. The molecule has 0 fully saturated rings. The maximum absolute atomic E-state index is 11.4. The summed E-state index contributed by atoms with van der Waals surface area (Å²) in [6.07, 6.45) is 0.450. The van der Waals surface area contributed by atoms with Crippen LogP contribution in [0.15, 0.2) is 54.6 Å². The third kappa shape index (κ3) is 4.33. The van der Waals surface area contributed by atoms with Crippen LogP contribution in [0.25, 0.3) is 0 Å². The average Bonchev–Trinajstić information content (AvgIpc) is 3.18. The van der Waals surface area contributed by atoms with Gasteiger partial charge in [0.2, 0.25) is 11.7 Å². The Morgan fingerprint density at radius 1 is 1.06 bits per heavy atom. The number of benzene rings is 2. The Kier molecular flexibility index (Phi) is 6.18. The number of aromatic nitrogens is 3. The molecule has 166 valence electrons. The number of hydrogen-bond donors (Lipinski definition) is 1. The van der Waals surface area contributed by atoms with E-state index in [0.717, 1.165) is 35.9 Å². The minimum atomic E-state index is -0.587. The number of rotatable bonds is 2. The molecule has 3 aromatic rings. The highest BCUT2D eigenvalue weighted by atomic mass is 16.5. The molecule has 0 bridgehead atoms. The van der Waals surface area contributed by atoms with E-state index in [0.29, 0.717) is 13.0 Å². The van der Waals surface area contributed by atoms with E-state index in [-0.39, 0.29) is 17.8 Å². The van der Waals surface area contributed by atoms with Gasteiger partial charge in [0.1, 0.15) is 11.6 Å². The van der Waals surface area contributed by atoms with E-state index in [1.165, 1.54) is 0 Å². The number of fused-ring (bicyclic) bond motifs is 2. The molecule has 2 aliphatic heterocycles. The first-order valence-electron chi connectivity index (χ1n) is 10.4. The first-order valence-corrected chi connectivity index (χ1v) is 10.4. The van der Waals surface area contributed by atoms with Gasteiger partial charge in [-0.25, -0.2) is 9.67 Å². The van der Waals surface area contributed by atoms with E-state index >= 15 is 0 Å². The molecule has 5 rings (SSSR count). The number of carbonyl (C=O) groups excluding carboxylic acids is 2. The molecule has 0 spiro atoms. The van der Waals surface area contributed by atoms with Crippen molar-refractivity contribution in [3.8, 4) is 5.75 Å². The highest BCUT2D eigenvalue weighted by molar-refractivity contribution is 5.95. The van der Waals surface area contributed by atoms with E-state index in [4.69, 9.17) is 10.5 Å². The second-order valence-electron chi connectivity index (χ2n) is 7.69. The molecule has 3 heterocycles. The summed E-state index contributed by atoms with van der Waals surface area (Å²) in [5.74, 6) is 1.16. The van der Waals surface area contributed by atoms with E-state index < -0.39 is 5.91 Å². The standard InChI is InChI=1S/C13H15N5O.C10H11NO2/c1-17-7-8-18-13(15-12(16-18)11(14)19)10(17)9-5-3-2-4-6-9;1-11-8-4-2-3-5-9(8)13-7-6-10(11)12/h2-6,10H,7-8H2,1H3,(H2,14,19);2-5H,6-7H2,1H3. The predicted molar refractivity (Wildman–Crippen MR) is 119 cm³/mol. The number of para-hydroxylation sites is 2. The molecule has 0 radical (unpaired) electrons. The third-order valence-corrected chi connectivity index (χ3v) is 5.56. The van der Waals surface area contributed by atoms with Gasteiger partial charge in [-0.05, 0) is 24.7 Å². The summed E-state index contributed by atoms with van der Waals surface area (Å²) < 4.78 is 7.20. The van der Waals surface area contributed by atoms with Gasteiger partial charge in [-0.3, -0.25) is 14.5 Å². The van der Waals surface area contributed by atoms with E-state index in [1.807, 2.05) is 49.5 Å². The summed E-state index contributed by atoms with van der Waals surface area (Å²) in [5, 5.41) is 4.16. The van der Waals surface area contributed by atoms with Gasteiger partial charge in [0.15, 0.2) is 0 Å². The zero-order valence-corrected chi connectivity index (χ0v) is 18.1. The van der Waals surface area contributed by atoms with E-state index in [9.17, 15) is 9.59 Å². The Morgan fingerprint density at radius 3 is 2.53 bits per heavy atom. The molecule has 32 heavy (non-hydrogen) atoms. The molecular weight excluding hydrogens is 408 g/mol. The molecule has 0 saturated heterocycles. The van der Waals surface area contributed by atoms with Crippen LogP contribution >= 0.6 is 0 Å². The van der Waals surface area contributed by atoms with Crippen LogP contribution in [0.5, 0.6) is 5.75 Å². The maximum Gasteiger partial charge on any atom is 0.288 e. The van der Waals surface area contributed by atoms with Gasteiger partial charge in [-0.2, -0.15) is 0 Å². The van der Waals surface area contributed by atoms with Crippen molar-refractivity contribution >= 4 is 17.5 Å². The number of ether oxygens (including phenoxy) is 1. The first-order chi connectivity index (χ1) is 15.5.